The normalized spacial score (nSPS) is 14.5. The minimum absolute atomic E-state index is 0.302. The summed E-state index contributed by atoms with van der Waals surface area (Å²) in [6.07, 6.45) is 13.7. The van der Waals surface area contributed by atoms with Crippen LogP contribution in [0.25, 0.3) is 0 Å². The lowest BCUT2D eigenvalue weighted by Gasteiger charge is -2.36. The first-order valence-electron chi connectivity index (χ1n) is 11.1. The van der Waals surface area contributed by atoms with Gasteiger partial charge in [-0.25, -0.2) is 0 Å². The zero-order valence-corrected chi connectivity index (χ0v) is 18.9. The first-order valence-corrected chi connectivity index (χ1v) is 11.9. The molecule has 1 heterocycles. The van der Waals surface area contributed by atoms with E-state index in [1.54, 1.807) is 6.07 Å². The minimum atomic E-state index is 0.302. The third-order valence-electron chi connectivity index (χ3n) is 5.65. The number of benzene rings is 1. The summed E-state index contributed by atoms with van der Waals surface area (Å²) in [6.45, 7) is 5.41. The van der Waals surface area contributed by atoms with Crippen molar-refractivity contribution in [1.29, 1.82) is 0 Å². The number of carbonyl (C=O) groups excluding carboxylic acids is 1. The molecule has 0 aromatic heterocycles. The lowest BCUT2D eigenvalue weighted by molar-refractivity contribution is -0.131. The van der Waals surface area contributed by atoms with Gasteiger partial charge in [0.2, 0.25) is 5.91 Å². The Balaban J connectivity index is 1.55. The van der Waals surface area contributed by atoms with Gasteiger partial charge in [0.1, 0.15) is 0 Å². The molecule has 28 heavy (non-hydrogen) atoms. The summed E-state index contributed by atoms with van der Waals surface area (Å²) < 4.78 is 0. The monoisotopic (exact) mass is 426 g/mol. The molecule has 0 saturated carbocycles. The van der Waals surface area contributed by atoms with Gasteiger partial charge in [0.15, 0.2) is 0 Å². The Kier molecular flexibility index (Phi) is 11.1. The summed E-state index contributed by atoms with van der Waals surface area (Å²) in [7, 11) is 0. The highest BCUT2D eigenvalue weighted by atomic mass is 35.5. The van der Waals surface area contributed by atoms with Crippen LogP contribution in [0.5, 0.6) is 0 Å². The van der Waals surface area contributed by atoms with Gasteiger partial charge in [-0.05, 0) is 18.6 Å². The Morgan fingerprint density at radius 2 is 1.43 bits per heavy atom. The average molecular weight is 427 g/mol. The van der Waals surface area contributed by atoms with E-state index in [9.17, 15) is 4.79 Å². The van der Waals surface area contributed by atoms with E-state index in [1.807, 2.05) is 17.0 Å². The fourth-order valence-electron chi connectivity index (χ4n) is 3.86. The van der Waals surface area contributed by atoms with Crippen LogP contribution in [0.1, 0.15) is 77.6 Å². The summed E-state index contributed by atoms with van der Waals surface area (Å²) in [6, 6.07) is 5.72. The fraction of sp³-hybridized carbons (Fsp3) is 0.696. The second-order valence-electron chi connectivity index (χ2n) is 7.87. The van der Waals surface area contributed by atoms with Gasteiger partial charge in [0, 0.05) is 32.6 Å². The Morgan fingerprint density at radius 3 is 2.04 bits per heavy atom. The maximum Gasteiger partial charge on any atom is 0.222 e. The van der Waals surface area contributed by atoms with Crippen LogP contribution < -0.4 is 4.90 Å². The van der Waals surface area contributed by atoms with Crippen LogP contribution in [0, 0.1) is 0 Å². The van der Waals surface area contributed by atoms with Gasteiger partial charge in [0.05, 0.1) is 15.7 Å². The molecule has 0 N–H and O–H groups in total. The molecule has 158 valence electrons. The van der Waals surface area contributed by atoms with E-state index in [2.05, 4.69) is 11.8 Å². The number of unbranched alkanes of at least 4 members (excludes halogenated alkanes) is 9. The van der Waals surface area contributed by atoms with Crippen molar-refractivity contribution in [3.8, 4) is 0 Å². The number of piperazine rings is 1. The maximum atomic E-state index is 12.5. The first-order chi connectivity index (χ1) is 13.6. The van der Waals surface area contributed by atoms with Gasteiger partial charge in [-0.2, -0.15) is 0 Å². The van der Waals surface area contributed by atoms with Crippen LogP contribution in [-0.4, -0.2) is 37.0 Å². The third kappa shape index (κ3) is 7.83. The van der Waals surface area contributed by atoms with Gasteiger partial charge in [-0.3, -0.25) is 4.79 Å². The van der Waals surface area contributed by atoms with Crippen LogP contribution in [0.15, 0.2) is 18.2 Å². The van der Waals surface area contributed by atoms with Crippen molar-refractivity contribution in [3.63, 3.8) is 0 Å². The van der Waals surface area contributed by atoms with Crippen LogP contribution >= 0.6 is 23.2 Å². The zero-order valence-electron chi connectivity index (χ0n) is 17.4. The highest BCUT2D eigenvalue weighted by molar-refractivity contribution is 6.43. The molecular formula is C23H36Cl2N2O. The molecular weight excluding hydrogens is 391 g/mol. The lowest BCUT2D eigenvalue weighted by Crippen LogP contribution is -2.48. The van der Waals surface area contributed by atoms with Crippen molar-refractivity contribution in [2.75, 3.05) is 31.1 Å². The van der Waals surface area contributed by atoms with Crippen molar-refractivity contribution in [2.24, 2.45) is 0 Å². The zero-order chi connectivity index (χ0) is 20.2. The van der Waals surface area contributed by atoms with Crippen LogP contribution in [0.4, 0.5) is 5.69 Å². The molecule has 1 aromatic rings. The number of halogens is 2. The van der Waals surface area contributed by atoms with E-state index in [0.29, 0.717) is 22.4 Å². The largest absolute Gasteiger partial charge is 0.367 e. The molecule has 0 atom stereocenters. The van der Waals surface area contributed by atoms with Crippen molar-refractivity contribution >= 4 is 34.8 Å². The van der Waals surface area contributed by atoms with E-state index >= 15 is 0 Å². The predicted octanol–water partition coefficient (Wildman–Crippen LogP) is 6.95. The molecule has 1 saturated heterocycles. The third-order valence-corrected chi connectivity index (χ3v) is 6.46. The van der Waals surface area contributed by atoms with Gasteiger partial charge in [-0.1, -0.05) is 94.0 Å². The van der Waals surface area contributed by atoms with Crippen LogP contribution in [-0.2, 0) is 4.79 Å². The van der Waals surface area contributed by atoms with E-state index < -0.39 is 0 Å². The average Bonchev–Trinajstić information content (AvgIpc) is 2.71. The van der Waals surface area contributed by atoms with Gasteiger partial charge >= 0.3 is 0 Å². The van der Waals surface area contributed by atoms with Crippen LogP contribution in [0.2, 0.25) is 10.0 Å². The lowest BCUT2D eigenvalue weighted by atomic mass is 10.1. The Hall–Kier alpha value is -0.930. The highest BCUT2D eigenvalue weighted by Gasteiger charge is 2.22. The Labute approximate surface area is 181 Å². The molecule has 0 spiro atoms. The van der Waals surface area contributed by atoms with Crippen molar-refractivity contribution < 1.29 is 4.79 Å². The summed E-state index contributed by atoms with van der Waals surface area (Å²) in [5.74, 6) is 0.302. The Morgan fingerprint density at radius 1 is 0.857 bits per heavy atom. The standard InChI is InChI=1S/C23H36Cl2N2O/c1-2-3-4-5-6-7-8-9-10-11-15-22(28)27-18-16-26(17-19-27)21-14-12-13-20(24)23(21)25/h12-14H,2-11,15-19H2,1H3. The first kappa shape index (κ1) is 23.3. The maximum absolute atomic E-state index is 12.5. The molecule has 1 aliphatic rings. The molecule has 5 heteroatoms. The van der Waals surface area contributed by atoms with Crippen LogP contribution in [0.3, 0.4) is 0 Å². The van der Waals surface area contributed by atoms with E-state index in [0.717, 1.165) is 38.3 Å². The Bertz CT molecular complexity index is 586. The number of rotatable bonds is 12. The molecule has 0 radical (unpaired) electrons. The molecule has 1 fully saturated rings. The molecule has 2 rings (SSSR count). The van der Waals surface area contributed by atoms with Gasteiger partial charge < -0.3 is 9.80 Å². The SMILES string of the molecule is CCCCCCCCCCCCC(=O)N1CCN(c2cccc(Cl)c2Cl)CC1. The van der Waals surface area contributed by atoms with Gasteiger partial charge in [0.25, 0.3) is 0 Å². The van der Waals surface area contributed by atoms with Crippen molar-refractivity contribution in [2.45, 2.75) is 77.6 Å². The van der Waals surface area contributed by atoms with Crippen molar-refractivity contribution in [3.05, 3.63) is 28.2 Å². The smallest absolute Gasteiger partial charge is 0.222 e. The quantitative estimate of drug-likeness (QED) is 0.337. The molecule has 0 unspecified atom stereocenters. The predicted molar refractivity (Wildman–Crippen MR) is 122 cm³/mol. The minimum Gasteiger partial charge on any atom is -0.367 e. The number of hydrogen-bond donors (Lipinski definition) is 0. The number of amides is 1. The van der Waals surface area contributed by atoms with E-state index in [-0.39, 0.29) is 0 Å². The molecule has 3 nitrogen and oxygen atoms in total. The highest BCUT2D eigenvalue weighted by Crippen LogP contribution is 2.32. The summed E-state index contributed by atoms with van der Waals surface area (Å²) >= 11 is 12.4. The number of anilines is 1. The number of hydrogen-bond acceptors (Lipinski definition) is 2. The summed E-state index contributed by atoms with van der Waals surface area (Å²) in [5.41, 5.74) is 0.968. The topological polar surface area (TPSA) is 23.6 Å². The van der Waals surface area contributed by atoms with Gasteiger partial charge in [-0.15, -0.1) is 0 Å². The molecule has 1 aliphatic heterocycles. The second kappa shape index (κ2) is 13.3. The summed E-state index contributed by atoms with van der Waals surface area (Å²) in [5, 5.41) is 1.19. The summed E-state index contributed by atoms with van der Waals surface area (Å²) in [4.78, 5) is 16.7. The van der Waals surface area contributed by atoms with E-state index in [1.165, 1.54) is 57.8 Å². The number of nitrogens with zero attached hydrogens (tertiary/aromatic N) is 2. The second-order valence-corrected chi connectivity index (χ2v) is 8.66. The molecule has 1 aromatic carbocycles. The molecule has 0 bridgehead atoms. The van der Waals surface area contributed by atoms with E-state index in [4.69, 9.17) is 23.2 Å². The molecule has 0 aliphatic carbocycles. The fourth-order valence-corrected chi connectivity index (χ4v) is 4.27. The van der Waals surface area contributed by atoms with Crippen molar-refractivity contribution in [1.82, 2.24) is 4.90 Å². The molecule has 1 amide bonds. The number of carbonyl (C=O) groups is 1.